The number of fused-ring (bicyclic) bond motifs is 1. The van der Waals surface area contributed by atoms with Crippen LogP contribution in [0, 0.1) is 0 Å². The summed E-state index contributed by atoms with van der Waals surface area (Å²) in [6.07, 6.45) is 3.71. The van der Waals surface area contributed by atoms with Crippen LogP contribution in [0.15, 0.2) is 48.1 Å². The van der Waals surface area contributed by atoms with Crippen LogP contribution in [0.1, 0.15) is 18.5 Å². The highest BCUT2D eigenvalue weighted by molar-refractivity contribution is 7.14. The predicted molar refractivity (Wildman–Crippen MR) is 83.1 cm³/mol. The van der Waals surface area contributed by atoms with Gasteiger partial charge in [-0.15, -0.1) is 11.3 Å². The number of rotatable bonds is 3. The van der Waals surface area contributed by atoms with Crippen molar-refractivity contribution in [2.24, 2.45) is 0 Å². The lowest BCUT2D eigenvalue weighted by atomic mass is 10.1. The standard InChI is InChI=1S/C15H13ClN2S/c1-10(12-7-15(16)19-9-12)18-14-4-2-3-11-5-6-17-8-13(11)14/h2-10,18H,1H3. The maximum Gasteiger partial charge on any atom is 0.0931 e. The highest BCUT2D eigenvalue weighted by atomic mass is 35.5. The molecular formula is C15H13ClN2S. The maximum atomic E-state index is 5.98. The van der Waals surface area contributed by atoms with Crippen molar-refractivity contribution < 1.29 is 0 Å². The van der Waals surface area contributed by atoms with E-state index in [-0.39, 0.29) is 6.04 Å². The van der Waals surface area contributed by atoms with Crippen molar-refractivity contribution >= 4 is 39.4 Å². The predicted octanol–water partition coefficient (Wildman–Crippen LogP) is 5.12. The summed E-state index contributed by atoms with van der Waals surface area (Å²) in [5, 5.41) is 7.94. The van der Waals surface area contributed by atoms with Gasteiger partial charge in [-0.1, -0.05) is 23.7 Å². The molecule has 0 fully saturated rings. The number of halogens is 1. The quantitative estimate of drug-likeness (QED) is 0.723. The molecule has 3 aromatic rings. The average molecular weight is 289 g/mol. The van der Waals surface area contributed by atoms with Gasteiger partial charge in [0.15, 0.2) is 0 Å². The second-order valence-corrected chi connectivity index (χ2v) is 6.00. The molecule has 1 aromatic carbocycles. The van der Waals surface area contributed by atoms with Crippen molar-refractivity contribution in [1.82, 2.24) is 4.98 Å². The molecule has 4 heteroatoms. The Balaban J connectivity index is 1.93. The van der Waals surface area contributed by atoms with E-state index < -0.39 is 0 Å². The average Bonchev–Trinajstić information content (AvgIpc) is 2.86. The highest BCUT2D eigenvalue weighted by Gasteiger charge is 2.09. The first-order valence-electron chi connectivity index (χ1n) is 6.07. The Morgan fingerprint density at radius 2 is 2.21 bits per heavy atom. The number of hydrogen-bond acceptors (Lipinski definition) is 3. The number of nitrogens with one attached hydrogen (secondary N) is 1. The number of anilines is 1. The van der Waals surface area contributed by atoms with E-state index in [0.29, 0.717) is 0 Å². The summed E-state index contributed by atoms with van der Waals surface area (Å²) in [5.41, 5.74) is 2.30. The highest BCUT2D eigenvalue weighted by Crippen LogP contribution is 2.29. The Bertz CT molecular complexity index is 703. The molecule has 2 nitrogen and oxygen atoms in total. The van der Waals surface area contributed by atoms with Crippen molar-refractivity contribution in [3.63, 3.8) is 0 Å². The van der Waals surface area contributed by atoms with Crippen molar-refractivity contribution in [3.05, 3.63) is 58.0 Å². The van der Waals surface area contributed by atoms with Gasteiger partial charge in [0.2, 0.25) is 0 Å². The second kappa shape index (κ2) is 5.19. The van der Waals surface area contributed by atoms with Crippen molar-refractivity contribution in [2.75, 3.05) is 5.32 Å². The Labute approximate surface area is 121 Å². The van der Waals surface area contributed by atoms with Gasteiger partial charge < -0.3 is 5.32 Å². The molecule has 19 heavy (non-hydrogen) atoms. The molecule has 0 radical (unpaired) electrons. The van der Waals surface area contributed by atoms with Gasteiger partial charge in [0.05, 0.1) is 4.34 Å². The van der Waals surface area contributed by atoms with E-state index >= 15 is 0 Å². The minimum absolute atomic E-state index is 0.217. The fourth-order valence-electron chi connectivity index (χ4n) is 2.11. The molecule has 2 aromatic heterocycles. The van der Waals surface area contributed by atoms with Gasteiger partial charge in [-0.2, -0.15) is 0 Å². The molecule has 0 aliphatic carbocycles. The third-order valence-corrected chi connectivity index (χ3v) is 4.25. The van der Waals surface area contributed by atoms with Crippen molar-refractivity contribution in [2.45, 2.75) is 13.0 Å². The Morgan fingerprint density at radius 1 is 1.32 bits per heavy atom. The molecule has 0 spiro atoms. The van der Waals surface area contributed by atoms with Crippen LogP contribution in [0.5, 0.6) is 0 Å². The Morgan fingerprint density at radius 3 is 3.00 bits per heavy atom. The smallest absolute Gasteiger partial charge is 0.0931 e. The first-order chi connectivity index (χ1) is 9.24. The molecule has 0 aliphatic rings. The molecule has 0 saturated carbocycles. The lowest BCUT2D eigenvalue weighted by Gasteiger charge is -2.15. The zero-order valence-electron chi connectivity index (χ0n) is 10.4. The maximum absolute atomic E-state index is 5.98. The van der Waals surface area contributed by atoms with Gasteiger partial charge in [0.1, 0.15) is 0 Å². The molecule has 0 saturated heterocycles. The minimum Gasteiger partial charge on any atom is -0.378 e. The van der Waals surface area contributed by atoms with Crippen LogP contribution >= 0.6 is 22.9 Å². The molecule has 1 unspecified atom stereocenters. The first kappa shape index (κ1) is 12.5. The minimum atomic E-state index is 0.217. The van der Waals surface area contributed by atoms with Gasteiger partial charge >= 0.3 is 0 Å². The molecular weight excluding hydrogens is 276 g/mol. The van der Waals surface area contributed by atoms with E-state index in [1.165, 1.54) is 10.9 Å². The van der Waals surface area contributed by atoms with E-state index in [4.69, 9.17) is 11.6 Å². The van der Waals surface area contributed by atoms with Gasteiger partial charge in [-0.3, -0.25) is 4.98 Å². The van der Waals surface area contributed by atoms with Crippen LogP contribution in [0.4, 0.5) is 5.69 Å². The summed E-state index contributed by atoms with van der Waals surface area (Å²) in [7, 11) is 0. The zero-order valence-corrected chi connectivity index (χ0v) is 12.0. The van der Waals surface area contributed by atoms with Gasteiger partial charge in [0.25, 0.3) is 0 Å². The van der Waals surface area contributed by atoms with Gasteiger partial charge in [-0.05, 0) is 41.5 Å². The van der Waals surface area contributed by atoms with Crippen LogP contribution in [0.3, 0.4) is 0 Å². The Kier molecular flexibility index (Phi) is 3.40. The summed E-state index contributed by atoms with van der Waals surface area (Å²) < 4.78 is 0.822. The van der Waals surface area contributed by atoms with Crippen LogP contribution < -0.4 is 5.32 Å². The lowest BCUT2D eigenvalue weighted by Crippen LogP contribution is -2.05. The van der Waals surface area contributed by atoms with Crippen LogP contribution in [0.2, 0.25) is 4.34 Å². The molecule has 3 rings (SSSR count). The molecule has 2 heterocycles. The fourth-order valence-corrected chi connectivity index (χ4v) is 3.09. The van der Waals surface area contributed by atoms with Crippen LogP contribution in [0.25, 0.3) is 10.8 Å². The SMILES string of the molecule is CC(Nc1cccc2ccncc12)c1csc(Cl)c1. The topological polar surface area (TPSA) is 24.9 Å². The largest absolute Gasteiger partial charge is 0.378 e. The molecule has 0 amide bonds. The summed E-state index contributed by atoms with van der Waals surface area (Å²) in [6.45, 7) is 2.13. The summed E-state index contributed by atoms with van der Waals surface area (Å²) in [4.78, 5) is 4.20. The number of nitrogens with zero attached hydrogens (tertiary/aromatic N) is 1. The molecule has 1 atom stereocenters. The van der Waals surface area contributed by atoms with E-state index in [1.54, 1.807) is 11.3 Å². The van der Waals surface area contributed by atoms with Crippen LogP contribution in [-0.2, 0) is 0 Å². The molecule has 96 valence electrons. The first-order valence-corrected chi connectivity index (χ1v) is 7.33. The van der Waals surface area contributed by atoms with Crippen molar-refractivity contribution in [3.8, 4) is 0 Å². The fraction of sp³-hybridized carbons (Fsp3) is 0.133. The molecule has 0 bridgehead atoms. The summed E-state index contributed by atoms with van der Waals surface area (Å²) in [5.74, 6) is 0. The van der Waals surface area contributed by atoms with E-state index in [1.807, 2.05) is 24.5 Å². The summed E-state index contributed by atoms with van der Waals surface area (Å²) in [6, 6.07) is 10.5. The normalized spacial score (nSPS) is 12.5. The van der Waals surface area contributed by atoms with E-state index in [9.17, 15) is 0 Å². The third kappa shape index (κ3) is 2.57. The summed E-state index contributed by atoms with van der Waals surface area (Å²) >= 11 is 7.54. The second-order valence-electron chi connectivity index (χ2n) is 4.45. The Hall–Kier alpha value is -1.58. The number of aromatic nitrogens is 1. The molecule has 1 N–H and O–H groups in total. The van der Waals surface area contributed by atoms with Crippen LogP contribution in [-0.4, -0.2) is 4.98 Å². The lowest BCUT2D eigenvalue weighted by molar-refractivity contribution is 0.892. The van der Waals surface area contributed by atoms with Gasteiger partial charge in [-0.25, -0.2) is 0 Å². The zero-order chi connectivity index (χ0) is 13.2. The van der Waals surface area contributed by atoms with E-state index in [0.717, 1.165) is 15.4 Å². The van der Waals surface area contributed by atoms with Gasteiger partial charge in [0, 0.05) is 29.5 Å². The number of thiophene rings is 1. The number of benzene rings is 1. The number of pyridine rings is 1. The third-order valence-electron chi connectivity index (χ3n) is 3.14. The molecule has 0 aliphatic heterocycles. The van der Waals surface area contributed by atoms with Crippen molar-refractivity contribution in [1.29, 1.82) is 0 Å². The van der Waals surface area contributed by atoms with E-state index in [2.05, 4.69) is 40.8 Å². The number of hydrogen-bond donors (Lipinski definition) is 1. The monoisotopic (exact) mass is 288 g/mol.